The van der Waals surface area contributed by atoms with Crippen LogP contribution in [0.4, 0.5) is 0 Å². The first kappa shape index (κ1) is 13.3. The second-order valence-corrected chi connectivity index (χ2v) is 4.61. The molecule has 0 radical (unpaired) electrons. The smallest absolute Gasteiger partial charge is 0.261 e. The third-order valence-electron chi connectivity index (χ3n) is 3.30. The number of aryl methyl sites for hydroxylation is 2. The van der Waals surface area contributed by atoms with Gasteiger partial charge in [-0.05, 0) is 29.7 Å². The summed E-state index contributed by atoms with van der Waals surface area (Å²) in [6.07, 6.45) is 2.04. The highest BCUT2D eigenvalue weighted by molar-refractivity contribution is 6.02. The van der Waals surface area contributed by atoms with Crippen LogP contribution in [0.1, 0.15) is 29.3 Å². The average Bonchev–Trinajstić information content (AvgIpc) is 2.42. The summed E-state index contributed by atoms with van der Waals surface area (Å²) in [6, 6.07) is 9.62. The van der Waals surface area contributed by atoms with Gasteiger partial charge in [0.05, 0.1) is 5.56 Å². The van der Waals surface area contributed by atoms with Gasteiger partial charge >= 0.3 is 0 Å². The zero-order valence-electron chi connectivity index (χ0n) is 11.4. The number of hydrogen-bond donors (Lipinski definition) is 0. The summed E-state index contributed by atoms with van der Waals surface area (Å²) in [7, 11) is 1.66. The average molecular weight is 255 g/mol. The first-order valence-corrected chi connectivity index (χ1v) is 6.35. The van der Waals surface area contributed by atoms with Crippen LogP contribution in [0.15, 0.2) is 41.3 Å². The first-order valence-electron chi connectivity index (χ1n) is 6.35. The van der Waals surface area contributed by atoms with Crippen molar-refractivity contribution in [2.45, 2.75) is 20.3 Å². The summed E-state index contributed by atoms with van der Waals surface area (Å²) in [5.74, 6) is -0.112. The van der Waals surface area contributed by atoms with Crippen molar-refractivity contribution in [3.8, 4) is 11.1 Å². The highest BCUT2D eigenvalue weighted by Crippen LogP contribution is 2.25. The summed E-state index contributed by atoms with van der Waals surface area (Å²) < 4.78 is 1.45. The van der Waals surface area contributed by atoms with Crippen molar-refractivity contribution in [3.05, 3.63) is 58.0 Å². The van der Waals surface area contributed by atoms with Crippen molar-refractivity contribution in [1.29, 1.82) is 0 Å². The lowest BCUT2D eigenvalue weighted by Gasteiger charge is -2.11. The Labute approximate surface area is 112 Å². The van der Waals surface area contributed by atoms with Gasteiger partial charge in [0.15, 0.2) is 5.78 Å². The Kier molecular flexibility index (Phi) is 3.65. The molecule has 1 heterocycles. The first-order chi connectivity index (χ1) is 9.06. The van der Waals surface area contributed by atoms with Crippen LogP contribution in [0.2, 0.25) is 0 Å². The number of benzene rings is 1. The van der Waals surface area contributed by atoms with Crippen LogP contribution in [-0.2, 0) is 7.05 Å². The molecule has 0 aliphatic heterocycles. The molecule has 0 bridgehead atoms. The van der Waals surface area contributed by atoms with E-state index in [4.69, 9.17) is 0 Å². The predicted octanol–water partition coefficient (Wildman–Crippen LogP) is 2.95. The SMILES string of the molecule is CCC(=O)c1c(-c2ccccc2C)ccn(C)c1=O. The van der Waals surface area contributed by atoms with E-state index in [2.05, 4.69) is 0 Å². The number of hydrogen-bond acceptors (Lipinski definition) is 2. The van der Waals surface area contributed by atoms with Crippen molar-refractivity contribution < 1.29 is 4.79 Å². The minimum Gasteiger partial charge on any atom is -0.318 e. The molecular formula is C16H17NO2. The van der Waals surface area contributed by atoms with E-state index >= 15 is 0 Å². The normalized spacial score (nSPS) is 10.5. The molecule has 2 rings (SSSR count). The molecule has 19 heavy (non-hydrogen) atoms. The molecule has 0 spiro atoms. The lowest BCUT2D eigenvalue weighted by molar-refractivity contribution is 0.0987. The second kappa shape index (κ2) is 5.22. The molecule has 3 heteroatoms. The summed E-state index contributed by atoms with van der Waals surface area (Å²) in [5.41, 5.74) is 2.79. The fourth-order valence-electron chi connectivity index (χ4n) is 2.17. The van der Waals surface area contributed by atoms with Gasteiger partial charge in [-0.25, -0.2) is 0 Å². The zero-order valence-corrected chi connectivity index (χ0v) is 11.4. The summed E-state index contributed by atoms with van der Waals surface area (Å²) in [5, 5.41) is 0. The number of carbonyl (C=O) groups excluding carboxylic acids is 1. The third kappa shape index (κ3) is 2.36. The van der Waals surface area contributed by atoms with Crippen molar-refractivity contribution >= 4 is 5.78 Å². The Morgan fingerprint density at radius 2 is 1.84 bits per heavy atom. The Morgan fingerprint density at radius 3 is 2.47 bits per heavy atom. The maximum Gasteiger partial charge on any atom is 0.261 e. The Balaban J connectivity index is 2.78. The molecule has 0 saturated heterocycles. The van der Waals surface area contributed by atoms with Gasteiger partial charge in [0, 0.05) is 19.7 Å². The third-order valence-corrected chi connectivity index (χ3v) is 3.30. The van der Waals surface area contributed by atoms with Crippen LogP contribution < -0.4 is 5.56 Å². The van der Waals surface area contributed by atoms with Crippen molar-refractivity contribution in [2.75, 3.05) is 0 Å². The van der Waals surface area contributed by atoms with Gasteiger partial charge in [0.2, 0.25) is 0 Å². The number of carbonyl (C=O) groups is 1. The van der Waals surface area contributed by atoms with E-state index in [1.807, 2.05) is 37.3 Å². The Hall–Kier alpha value is -2.16. The summed E-state index contributed by atoms with van der Waals surface area (Å²) in [4.78, 5) is 24.3. The van der Waals surface area contributed by atoms with Gasteiger partial charge in [0.25, 0.3) is 5.56 Å². The van der Waals surface area contributed by atoms with E-state index in [9.17, 15) is 9.59 Å². The Morgan fingerprint density at radius 1 is 1.16 bits per heavy atom. The highest BCUT2D eigenvalue weighted by atomic mass is 16.1. The van der Waals surface area contributed by atoms with E-state index < -0.39 is 0 Å². The van der Waals surface area contributed by atoms with Crippen LogP contribution in [0.3, 0.4) is 0 Å². The number of ketones is 1. The van der Waals surface area contributed by atoms with Gasteiger partial charge in [-0.2, -0.15) is 0 Å². The topological polar surface area (TPSA) is 39.1 Å². The standard InChI is InChI=1S/C16H17NO2/c1-4-14(18)15-13(9-10-17(3)16(15)19)12-8-6-5-7-11(12)2/h5-10H,4H2,1-3H3. The number of pyridine rings is 1. The summed E-state index contributed by atoms with van der Waals surface area (Å²) in [6.45, 7) is 3.75. The van der Waals surface area contributed by atoms with E-state index in [0.717, 1.165) is 16.7 Å². The van der Waals surface area contributed by atoms with Gasteiger partial charge in [-0.3, -0.25) is 9.59 Å². The number of nitrogens with zero attached hydrogens (tertiary/aromatic N) is 1. The van der Waals surface area contributed by atoms with Crippen LogP contribution in [0.25, 0.3) is 11.1 Å². The molecule has 2 aromatic rings. The van der Waals surface area contributed by atoms with Gasteiger partial charge in [-0.15, -0.1) is 0 Å². The molecule has 0 saturated carbocycles. The highest BCUT2D eigenvalue weighted by Gasteiger charge is 2.17. The van der Waals surface area contributed by atoms with Gasteiger partial charge in [-0.1, -0.05) is 31.2 Å². The molecule has 0 N–H and O–H groups in total. The maximum absolute atomic E-state index is 12.2. The van der Waals surface area contributed by atoms with E-state index in [-0.39, 0.29) is 11.3 Å². The molecule has 0 fully saturated rings. The predicted molar refractivity (Wildman–Crippen MR) is 76.5 cm³/mol. The Bertz CT molecular complexity index is 683. The fourth-order valence-corrected chi connectivity index (χ4v) is 2.17. The molecule has 1 aromatic heterocycles. The van der Waals surface area contributed by atoms with Crippen LogP contribution >= 0.6 is 0 Å². The molecule has 0 atom stereocenters. The van der Waals surface area contributed by atoms with E-state index in [1.165, 1.54) is 4.57 Å². The quantitative estimate of drug-likeness (QED) is 0.791. The molecular weight excluding hydrogens is 238 g/mol. The lowest BCUT2D eigenvalue weighted by Crippen LogP contribution is -2.24. The molecule has 0 aliphatic carbocycles. The van der Waals surface area contributed by atoms with Crippen LogP contribution in [-0.4, -0.2) is 10.4 Å². The fraction of sp³-hybridized carbons (Fsp3) is 0.250. The molecule has 0 unspecified atom stereocenters. The van der Waals surface area contributed by atoms with E-state index in [0.29, 0.717) is 12.0 Å². The molecule has 0 aliphatic rings. The van der Waals surface area contributed by atoms with Gasteiger partial charge < -0.3 is 4.57 Å². The largest absolute Gasteiger partial charge is 0.318 e. The van der Waals surface area contributed by atoms with Crippen LogP contribution in [0, 0.1) is 6.92 Å². The van der Waals surface area contributed by atoms with Crippen molar-refractivity contribution in [1.82, 2.24) is 4.57 Å². The lowest BCUT2D eigenvalue weighted by atomic mass is 9.94. The van der Waals surface area contributed by atoms with Crippen molar-refractivity contribution in [3.63, 3.8) is 0 Å². The van der Waals surface area contributed by atoms with Crippen LogP contribution in [0.5, 0.6) is 0 Å². The molecule has 0 amide bonds. The summed E-state index contributed by atoms with van der Waals surface area (Å²) >= 11 is 0. The zero-order chi connectivity index (χ0) is 14.0. The maximum atomic E-state index is 12.2. The second-order valence-electron chi connectivity index (χ2n) is 4.61. The number of rotatable bonds is 3. The van der Waals surface area contributed by atoms with Crippen molar-refractivity contribution in [2.24, 2.45) is 7.05 Å². The van der Waals surface area contributed by atoms with E-state index in [1.54, 1.807) is 20.2 Å². The number of aromatic nitrogens is 1. The van der Waals surface area contributed by atoms with Gasteiger partial charge in [0.1, 0.15) is 0 Å². The molecule has 1 aromatic carbocycles. The minimum atomic E-state index is -0.229. The minimum absolute atomic E-state index is 0.112. The molecule has 98 valence electrons. The monoisotopic (exact) mass is 255 g/mol. The number of Topliss-reactive ketones (excluding diaryl/α,β-unsaturated/α-hetero) is 1. The molecule has 3 nitrogen and oxygen atoms in total.